The van der Waals surface area contributed by atoms with Crippen molar-refractivity contribution in [3.05, 3.63) is 59.3 Å². The van der Waals surface area contributed by atoms with E-state index in [1.807, 2.05) is 24.3 Å². The normalized spacial score (nSPS) is 17.0. The minimum Gasteiger partial charge on any atom is -0.496 e. The van der Waals surface area contributed by atoms with Crippen molar-refractivity contribution in [1.82, 2.24) is 14.4 Å². The second kappa shape index (κ2) is 9.02. The van der Waals surface area contributed by atoms with Gasteiger partial charge in [0.15, 0.2) is 0 Å². The van der Waals surface area contributed by atoms with E-state index in [-0.39, 0.29) is 6.09 Å². The monoisotopic (exact) mass is 462 g/mol. The highest BCUT2D eigenvalue weighted by molar-refractivity contribution is 5.97. The molecule has 3 aromatic rings. The number of aromatic nitrogens is 1. The molecule has 2 aromatic carbocycles. The van der Waals surface area contributed by atoms with Crippen molar-refractivity contribution < 1.29 is 19.1 Å². The van der Waals surface area contributed by atoms with Gasteiger partial charge in [-0.15, -0.1) is 0 Å². The number of carbonyl (C=O) groups excluding carboxylic acids is 2. The maximum absolute atomic E-state index is 12.1. The van der Waals surface area contributed by atoms with E-state index in [1.54, 1.807) is 25.1 Å². The molecule has 178 valence electrons. The SMILES string of the molecule is COc1ccc2c(c1CCN1CCC(n3ccc4ccc(C(N)=O)cc43)CC1)OC(=O)N(C)C2. The zero-order valence-corrected chi connectivity index (χ0v) is 19.6. The first-order valence-corrected chi connectivity index (χ1v) is 11.7. The molecule has 1 aromatic heterocycles. The summed E-state index contributed by atoms with van der Waals surface area (Å²) in [6, 6.07) is 12.0. The molecule has 2 aliphatic heterocycles. The van der Waals surface area contributed by atoms with Crippen LogP contribution in [0.2, 0.25) is 0 Å². The number of methoxy groups -OCH3 is 1. The van der Waals surface area contributed by atoms with E-state index in [9.17, 15) is 9.59 Å². The van der Waals surface area contributed by atoms with Crippen molar-refractivity contribution in [1.29, 1.82) is 0 Å². The smallest absolute Gasteiger partial charge is 0.415 e. The Labute approximate surface area is 198 Å². The summed E-state index contributed by atoms with van der Waals surface area (Å²) in [5.41, 5.74) is 9.05. The van der Waals surface area contributed by atoms with Crippen LogP contribution in [0.4, 0.5) is 4.79 Å². The average Bonchev–Trinajstić information content (AvgIpc) is 3.27. The van der Waals surface area contributed by atoms with Crippen LogP contribution < -0.4 is 15.2 Å². The molecule has 0 bridgehead atoms. The van der Waals surface area contributed by atoms with Crippen LogP contribution in [0.25, 0.3) is 10.9 Å². The molecular weight excluding hydrogens is 432 g/mol. The van der Waals surface area contributed by atoms with Gasteiger partial charge in [0.1, 0.15) is 11.5 Å². The summed E-state index contributed by atoms with van der Waals surface area (Å²) in [5.74, 6) is 1.01. The number of nitrogens with two attached hydrogens (primary N) is 1. The van der Waals surface area contributed by atoms with E-state index < -0.39 is 5.91 Å². The Bertz CT molecular complexity index is 1240. The van der Waals surface area contributed by atoms with Gasteiger partial charge in [0.2, 0.25) is 5.91 Å². The standard InChI is InChI=1S/C26H30N4O4/c1-28-16-19-5-6-23(33-2)21(24(19)34-26(28)32)10-13-29-11-8-20(9-12-29)30-14-7-17-3-4-18(25(27)31)15-22(17)30/h3-7,14-15,20H,8-13,16H2,1-2H3,(H2,27,31). The van der Waals surface area contributed by atoms with Crippen LogP contribution in [-0.2, 0) is 13.0 Å². The third kappa shape index (κ3) is 4.09. The summed E-state index contributed by atoms with van der Waals surface area (Å²) < 4.78 is 13.5. The van der Waals surface area contributed by atoms with Crippen LogP contribution in [0.5, 0.6) is 11.5 Å². The molecule has 0 saturated carbocycles. The first kappa shape index (κ1) is 22.3. The zero-order valence-electron chi connectivity index (χ0n) is 19.6. The number of nitrogens with zero attached hydrogens (tertiary/aromatic N) is 3. The third-order valence-corrected chi connectivity index (χ3v) is 7.06. The number of likely N-dealkylation sites (tertiary alicyclic amines) is 1. The minimum atomic E-state index is -0.402. The van der Waals surface area contributed by atoms with Crippen molar-refractivity contribution in [3.63, 3.8) is 0 Å². The first-order valence-electron chi connectivity index (χ1n) is 11.7. The molecule has 2 aliphatic rings. The van der Waals surface area contributed by atoms with Gasteiger partial charge in [-0.2, -0.15) is 0 Å². The zero-order chi connectivity index (χ0) is 23.8. The average molecular weight is 463 g/mol. The molecule has 34 heavy (non-hydrogen) atoms. The van der Waals surface area contributed by atoms with Crippen molar-refractivity contribution in [3.8, 4) is 11.5 Å². The number of benzene rings is 2. The Hall–Kier alpha value is -3.52. The second-order valence-electron chi connectivity index (χ2n) is 9.14. The van der Waals surface area contributed by atoms with Gasteiger partial charge in [-0.3, -0.25) is 4.79 Å². The van der Waals surface area contributed by atoms with Gasteiger partial charge in [-0.1, -0.05) is 6.07 Å². The molecule has 0 unspecified atom stereocenters. The summed E-state index contributed by atoms with van der Waals surface area (Å²) in [6.45, 7) is 3.35. The van der Waals surface area contributed by atoms with E-state index in [4.69, 9.17) is 15.2 Å². The Kier molecular flexibility index (Phi) is 5.91. The number of hydrogen-bond donors (Lipinski definition) is 1. The van der Waals surface area contributed by atoms with Crippen LogP contribution >= 0.6 is 0 Å². The predicted molar refractivity (Wildman–Crippen MR) is 129 cm³/mol. The van der Waals surface area contributed by atoms with E-state index in [0.717, 1.165) is 66.7 Å². The fourth-order valence-corrected chi connectivity index (χ4v) is 5.14. The molecule has 2 amide bonds. The second-order valence-corrected chi connectivity index (χ2v) is 9.14. The maximum Gasteiger partial charge on any atom is 0.415 e. The lowest BCUT2D eigenvalue weighted by Gasteiger charge is -2.33. The molecule has 0 aliphatic carbocycles. The number of rotatable bonds is 6. The summed E-state index contributed by atoms with van der Waals surface area (Å²) in [7, 11) is 3.39. The molecule has 3 heterocycles. The minimum absolute atomic E-state index is 0.332. The number of hydrogen-bond acceptors (Lipinski definition) is 5. The van der Waals surface area contributed by atoms with Gasteiger partial charge in [-0.05, 0) is 55.0 Å². The number of primary amides is 1. The topological polar surface area (TPSA) is 90.0 Å². The van der Waals surface area contributed by atoms with Crippen LogP contribution in [0.3, 0.4) is 0 Å². The Balaban J connectivity index is 1.26. The Morgan fingerprint density at radius 2 is 1.97 bits per heavy atom. The predicted octanol–water partition coefficient (Wildman–Crippen LogP) is 3.57. The van der Waals surface area contributed by atoms with Gasteiger partial charge < -0.3 is 29.6 Å². The summed E-state index contributed by atoms with van der Waals surface area (Å²) >= 11 is 0. The van der Waals surface area contributed by atoms with Gasteiger partial charge in [-0.25, -0.2) is 4.79 Å². The first-order chi connectivity index (χ1) is 16.4. The fraction of sp³-hybridized carbons (Fsp3) is 0.385. The highest BCUT2D eigenvalue weighted by Gasteiger charge is 2.27. The number of piperidine rings is 1. The molecule has 0 spiro atoms. The van der Waals surface area contributed by atoms with E-state index >= 15 is 0 Å². The molecule has 0 atom stereocenters. The van der Waals surface area contributed by atoms with Crippen LogP contribution in [0, 0.1) is 0 Å². The Morgan fingerprint density at radius 3 is 2.71 bits per heavy atom. The van der Waals surface area contributed by atoms with Crippen molar-refractivity contribution in [2.75, 3.05) is 33.8 Å². The molecule has 8 heteroatoms. The van der Waals surface area contributed by atoms with Gasteiger partial charge in [0.25, 0.3) is 0 Å². The van der Waals surface area contributed by atoms with E-state index in [0.29, 0.717) is 23.9 Å². The highest BCUT2D eigenvalue weighted by Crippen LogP contribution is 2.37. The lowest BCUT2D eigenvalue weighted by molar-refractivity contribution is 0.1000. The van der Waals surface area contributed by atoms with Crippen molar-refractivity contribution >= 4 is 22.9 Å². The number of carbonyl (C=O) groups is 2. The van der Waals surface area contributed by atoms with Gasteiger partial charge in [0.05, 0.1) is 13.7 Å². The number of ether oxygens (including phenoxy) is 2. The van der Waals surface area contributed by atoms with Crippen molar-refractivity contribution in [2.24, 2.45) is 5.73 Å². The molecule has 1 saturated heterocycles. The molecule has 8 nitrogen and oxygen atoms in total. The fourth-order valence-electron chi connectivity index (χ4n) is 5.14. The van der Waals surface area contributed by atoms with Crippen LogP contribution in [0.1, 0.15) is 40.4 Å². The lowest BCUT2D eigenvalue weighted by atomic mass is 10.0. The van der Waals surface area contributed by atoms with E-state index in [2.05, 4.69) is 21.7 Å². The van der Waals surface area contributed by atoms with E-state index in [1.165, 1.54) is 0 Å². The highest BCUT2D eigenvalue weighted by atomic mass is 16.6. The quantitative estimate of drug-likeness (QED) is 0.605. The summed E-state index contributed by atoms with van der Waals surface area (Å²) in [6.07, 6.45) is 4.58. The molecule has 1 fully saturated rings. The summed E-state index contributed by atoms with van der Waals surface area (Å²) in [4.78, 5) is 27.8. The maximum atomic E-state index is 12.1. The molecule has 5 rings (SSSR count). The Morgan fingerprint density at radius 1 is 1.18 bits per heavy atom. The van der Waals surface area contributed by atoms with Gasteiger partial charge in [0, 0.05) is 61.1 Å². The third-order valence-electron chi connectivity index (χ3n) is 7.06. The number of fused-ring (bicyclic) bond motifs is 2. The molecular formula is C26H30N4O4. The molecule has 2 N–H and O–H groups in total. The van der Waals surface area contributed by atoms with Crippen LogP contribution in [0.15, 0.2) is 42.6 Å². The number of amides is 2. The van der Waals surface area contributed by atoms with Gasteiger partial charge >= 0.3 is 6.09 Å². The lowest BCUT2D eigenvalue weighted by Crippen LogP contribution is -2.36. The molecule has 0 radical (unpaired) electrons. The van der Waals surface area contributed by atoms with Crippen LogP contribution in [-0.4, -0.2) is 60.2 Å². The van der Waals surface area contributed by atoms with Crippen molar-refractivity contribution in [2.45, 2.75) is 31.8 Å². The largest absolute Gasteiger partial charge is 0.496 e. The summed E-state index contributed by atoms with van der Waals surface area (Å²) in [5, 5.41) is 1.12.